The van der Waals surface area contributed by atoms with Crippen LogP contribution in [0, 0.1) is 5.82 Å². The van der Waals surface area contributed by atoms with Crippen LogP contribution in [0.3, 0.4) is 0 Å². The highest BCUT2D eigenvalue weighted by atomic mass is 32.2. The predicted molar refractivity (Wildman–Crippen MR) is 102 cm³/mol. The van der Waals surface area contributed by atoms with Crippen LogP contribution in [0.25, 0.3) is 0 Å². The first-order valence-electron chi connectivity index (χ1n) is 8.59. The Morgan fingerprint density at radius 1 is 1.07 bits per heavy atom. The van der Waals surface area contributed by atoms with E-state index in [1.165, 1.54) is 12.1 Å². The maximum absolute atomic E-state index is 13.9. The molecule has 0 saturated carbocycles. The van der Waals surface area contributed by atoms with E-state index >= 15 is 0 Å². The van der Waals surface area contributed by atoms with Crippen molar-refractivity contribution in [2.24, 2.45) is 0 Å². The van der Waals surface area contributed by atoms with Gasteiger partial charge in [0.2, 0.25) is 15.9 Å². The van der Waals surface area contributed by atoms with Gasteiger partial charge in [-0.25, -0.2) is 12.8 Å². The summed E-state index contributed by atoms with van der Waals surface area (Å²) < 4.78 is 41.5. The number of hydrogen-bond acceptors (Lipinski definition) is 4. The maximum Gasteiger partial charge on any atom is 0.244 e. The molecule has 0 aromatic heterocycles. The number of benzene rings is 2. The number of amides is 1. The second-order valence-corrected chi connectivity index (χ2v) is 7.91. The highest BCUT2D eigenvalue weighted by molar-refractivity contribution is 7.89. The monoisotopic (exact) mass is 393 g/mol. The van der Waals surface area contributed by atoms with E-state index in [0.29, 0.717) is 6.54 Å². The molecule has 2 aromatic rings. The average Bonchev–Trinajstić information content (AvgIpc) is 2.66. The van der Waals surface area contributed by atoms with E-state index in [4.69, 9.17) is 0 Å². The second kappa shape index (κ2) is 9.59. The number of carbonyl (C=O) groups is 1. The lowest BCUT2D eigenvalue weighted by Crippen LogP contribution is -2.50. The van der Waals surface area contributed by atoms with Crippen LogP contribution >= 0.6 is 0 Å². The molecule has 8 heteroatoms. The normalized spacial score (nSPS) is 13.7. The molecule has 2 atom stereocenters. The van der Waals surface area contributed by atoms with Crippen LogP contribution in [0.1, 0.15) is 12.5 Å². The molecular weight excluding hydrogens is 369 g/mol. The molecule has 6 nitrogen and oxygen atoms in total. The molecule has 146 valence electrons. The molecule has 0 aliphatic rings. The summed E-state index contributed by atoms with van der Waals surface area (Å²) in [4.78, 5) is 12.1. The summed E-state index contributed by atoms with van der Waals surface area (Å²) in [5, 5.41) is 5.71. The third kappa shape index (κ3) is 6.13. The fourth-order valence-corrected chi connectivity index (χ4v) is 3.70. The number of carbonyl (C=O) groups excluding carboxylic acids is 1. The smallest absolute Gasteiger partial charge is 0.244 e. The van der Waals surface area contributed by atoms with Gasteiger partial charge in [0, 0.05) is 12.6 Å². The first kappa shape index (κ1) is 21.0. The van der Waals surface area contributed by atoms with Crippen LogP contribution in [-0.4, -0.2) is 40.0 Å². The fraction of sp³-hybridized carbons (Fsp3) is 0.316. The van der Waals surface area contributed by atoms with Gasteiger partial charge in [0.25, 0.3) is 0 Å². The Bertz CT molecular complexity index is 860. The molecule has 0 bridgehead atoms. The summed E-state index contributed by atoms with van der Waals surface area (Å²) in [6, 6.07) is 13.1. The zero-order valence-electron chi connectivity index (χ0n) is 15.3. The summed E-state index contributed by atoms with van der Waals surface area (Å²) in [7, 11) is -2.44. The largest absolute Gasteiger partial charge is 0.353 e. The zero-order valence-corrected chi connectivity index (χ0v) is 16.1. The molecule has 1 amide bonds. The first-order valence-corrected chi connectivity index (χ1v) is 10.1. The number of hydrogen-bond donors (Lipinski definition) is 3. The van der Waals surface area contributed by atoms with Crippen molar-refractivity contribution in [3.8, 4) is 0 Å². The lowest BCUT2D eigenvalue weighted by atomic mass is 10.1. The zero-order chi connectivity index (χ0) is 19.9. The molecule has 2 rings (SSSR count). The van der Waals surface area contributed by atoms with Gasteiger partial charge in [0.15, 0.2) is 0 Å². The SMILES string of the molecule is CNC(C)CNC(=O)C(Cc1ccccc1)NS(=O)(=O)c1ccccc1F. The number of rotatable bonds is 9. The molecule has 27 heavy (non-hydrogen) atoms. The highest BCUT2D eigenvalue weighted by Crippen LogP contribution is 2.15. The third-order valence-electron chi connectivity index (χ3n) is 4.10. The Kier molecular flexibility index (Phi) is 7.46. The van der Waals surface area contributed by atoms with E-state index in [9.17, 15) is 17.6 Å². The van der Waals surface area contributed by atoms with Crippen LogP contribution in [0.5, 0.6) is 0 Å². The van der Waals surface area contributed by atoms with Crippen LogP contribution < -0.4 is 15.4 Å². The molecule has 0 heterocycles. The number of sulfonamides is 1. The quantitative estimate of drug-likeness (QED) is 0.602. The molecule has 2 unspecified atom stereocenters. The standard InChI is InChI=1S/C19H24FN3O3S/c1-14(21-2)13-22-19(24)17(12-15-8-4-3-5-9-15)23-27(25,26)18-11-7-6-10-16(18)20/h3-11,14,17,21,23H,12-13H2,1-2H3,(H,22,24). The van der Waals surface area contributed by atoms with Gasteiger partial charge in [0.1, 0.15) is 16.8 Å². The summed E-state index contributed by atoms with van der Waals surface area (Å²) in [6.07, 6.45) is 0.147. The topological polar surface area (TPSA) is 87.3 Å². The van der Waals surface area contributed by atoms with Crippen molar-refractivity contribution < 1.29 is 17.6 Å². The predicted octanol–water partition coefficient (Wildman–Crippen LogP) is 1.44. The minimum Gasteiger partial charge on any atom is -0.353 e. The van der Waals surface area contributed by atoms with E-state index in [1.54, 1.807) is 31.3 Å². The van der Waals surface area contributed by atoms with Crippen LogP contribution in [0.4, 0.5) is 4.39 Å². The van der Waals surface area contributed by atoms with Crippen molar-refractivity contribution in [1.82, 2.24) is 15.4 Å². The molecule has 0 saturated heterocycles. The van der Waals surface area contributed by atoms with E-state index in [-0.39, 0.29) is 12.5 Å². The van der Waals surface area contributed by atoms with E-state index in [1.807, 2.05) is 13.0 Å². The van der Waals surface area contributed by atoms with Crippen LogP contribution in [0.15, 0.2) is 59.5 Å². The molecule has 0 aliphatic heterocycles. The average molecular weight is 393 g/mol. The number of likely N-dealkylation sites (N-methyl/N-ethyl adjacent to an activating group) is 1. The fourth-order valence-electron chi connectivity index (χ4n) is 2.43. The molecule has 0 spiro atoms. The second-order valence-electron chi connectivity index (χ2n) is 6.23. The number of nitrogens with one attached hydrogen (secondary N) is 3. The third-order valence-corrected chi connectivity index (χ3v) is 5.60. The van der Waals surface area contributed by atoms with Gasteiger partial charge < -0.3 is 10.6 Å². The summed E-state index contributed by atoms with van der Waals surface area (Å²) in [5.74, 6) is -1.34. The van der Waals surface area contributed by atoms with Crippen LogP contribution in [0.2, 0.25) is 0 Å². The lowest BCUT2D eigenvalue weighted by molar-refractivity contribution is -0.122. The van der Waals surface area contributed by atoms with Gasteiger partial charge in [0.05, 0.1) is 0 Å². The van der Waals surface area contributed by atoms with Crippen LogP contribution in [-0.2, 0) is 21.2 Å². The maximum atomic E-state index is 13.9. The van der Waals surface area contributed by atoms with Crippen molar-refractivity contribution in [2.75, 3.05) is 13.6 Å². The van der Waals surface area contributed by atoms with E-state index in [2.05, 4.69) is 15.4 Å². The van der Waals surface area contributed by atoms with Crippen molar-refractivity contribution in [3.05, 3.63) is 66.0 Å². The van der Waals surface area contributed by atoms with E-state index in [0.717, 1.165) is 17.7 Å². The van der Waals surface area contributed by atoms with Crippen molar-refractivity contribution in [3.63, 3.8) is 0 Å². The van der Waals surface area contributed by atoms with Gasteiger partial charge in [-0.15, -0.1) is 0 Å². The molecule has 2 aromatic carbocycles. The summed E-state index contributed by atoms with van der Waals surface area (Å²) >= 11 is 0. The van der Waals surface area contributed by atoms with Gasteiger partial charge in [-0.1, -0.05) is 42.5 Å². The van der Waals surface area contributed by atoms with Crippen molar-refractivity contribution >= 4 is 15.9 Å². The first-order chi connectivity index (χ1) is 12.8. The molecule has 0 fully saturated rings. The molecule has 3 N–H and O–H groups in total. The minimum absolute atomic E-state index is 0.0227. The van der Waals surface area contributed by atoms with Gasteiger partial charge in [-0.05, 0) is 38.1 Å². The Labute approximate surface area is 159 Å². The van der Waals surface area contributed by atoms with Crippen molar-refractivity contribution in [2.45, 2.75) is 30.3 Å². The van der Waals surface area contributed by atoms with Gasteiger partial charge in [-0.2, -0.15) is 4.72 Å². The van der Waals surface area contributed by atoms with Gasteiger partial charge in [-0.3, -0.25) is 4.79 Å². The molecular formula is C19H24FN3O3S. The Morgan fingerprint density at radius 2 is 1.70 bits per heavy atom. The summed E-state index contributed by atoms with van der Waals surface area (Å²) in [5.41, 5.74) is 0.788. The van der Waals surface area contributed by atoms with Crippen molar-refractivity contribution in [1.29, 1.82) is 0 Å². The number of halogens is 1. The van der Waals surface area contributed by atoms with E-state index < -0.39 is 32.7 Å². The Hall–Kier alpha value is -2.29. The highest BCUT2D eigenvalue weighted by Gasteiger charge is 2.27. The molecule has 0 radical (unpaired) electrons. The molecule has 0 aliphatic carbocycles. The van der Waals surface area contributed by atoms with Gasteiger partial charge >= 0.3 is 0 Å². The Morgan fingerprint density at radius 3 is 2.33 bits per heavy atom. The summed E-state index contributed by atoms with van der Waals surface area (Å²) in [6.45, 7) is 2.22. The lowest BCUT2D eigenvalue weighted by Gasteiger charge is -2.20. The minimum atomic E-state index is -4.20. The Balaban J connectivity index is 2.23.